The first-order valence-electron chi connectivity index (χ1n) is 6.01. The second-order valence-electron chi connectivity index (χ2n) is 5.56. The molecule has 0 aromatic heterocycles. The van der Waals surface area contributed by atoms with E-state index in [0.717, 1.165) is 34.9 Å². The van der Waals surface area contributed by atoms with Gasteiger partial charge in [0.05, 0.1) is 0 Å². The van der Waals surface area contributed by atoms with Gasteiger partial charge < -0.3 is 5.73 Å². The van der Waals surface area contributed by atoms with E-state index in [1.807, 2.05) is 18.2 Å². The molecule has 1 aromatic rings. The highest BCUT2D eigenvalue weighted by Crippen LogP contribution is 2.27. The van der Waals surface area contributed by atoms with Crippen LogP contribution < -0.4 is 5.73 Å². The summed E-state index contributed by atoms with van der Waals surface area (Å²) < 4.78 is 0. The lowest BCUT2D eigenvalue weighted by Gasteiger charge is -2.27. The minimum atomic E-state index is 0.157. The summed E-state index contributed by atoms with van der Waals surface area (Å²) in [7, 11) is 0. The number of benzene rings is 1. The minimum absolute atomic E-state index is 0.157. The molecule has 0 aliphatic heterocycles. The highest BCUT2D eigenvalue weighted by Gasteiger charge is 2.20. The SMILES string of the molecule is CC(C)(C)C(N)CCCc1c(Cl)cccc1Cl. The number of hydrogen-bond acceptors (Lipinski definition) is 1. The van der Waals surface area contributed by atoms with Gasteiger partial charge in [-0.2, -0.15) is 0 Å². The maximum Gasteiger partial charge on any atom is 0.0452 e. The standard InChI is InChI=1S/C14H21Cl2N/c1-14(2,3)13(17)9-4-6-10-11(15)7-5-8-12(10)16/h5,7-8,13H,4,6,9,17H2,1-3H3. The molecule has 0 saturated heterocycles. The third-order valence-electron chi connectivity index (χ3n) is 3.12. The number of rotatable bonds is 4. The normalized spacial score (nSPS) is 13.8. The molecule has 1 nitrogen and oxygen atoms in total. The fourth-order valence-corrected chi connectivity index (χ4v) is 2.29. The molecule has 0 heterocycles. The molecule has 1 rings (SSSR count). The fourth-order valence-electron chi connectivity index (χ4n) is 1.70. The van der Waals surface area contributed by atoms with Gasteiger partial charge in [-0.25, -0.2) is 0 Å². The van der Waals surface area contributed by atoms with Crippen molar-refractivity contribution in [3.05, 3.63) is 33.8 Å². The third-order valence-corrected chi connectivity index (χ3v) is 3.82. The summed E-state index contributed by atoms with van der Waals surface area (Å²) in [5.41, 5.74) is 7.32. The zero-order chi connectivity index (χ0) is 13.1. The van der Waals surface area contributed by atoms with E-state index < -0.39 is 0 Å². The largest absolute Gasteiger partial charge is 0.327 e. The molecule has 0 saturated carbocycles. The minimum Gasteiger partial charge on any atom is -0.327 e. The van der Waals surface area contributed by atoms with Crippen molar-refractivity contribution in [1.29, 1.82) is 0 Å². The maximum atomic E-state index is 6.13. The van der Waals surface area contributed by atoms with Crippen molar-refractivity contribution in [2.24, 2.45) is 11.1 Å². The van der Waals surface area contributed by atoms with Crippen LogP contribution in [-0.4, -0.2) is 6.04 Å². The van der Waals surface area contributed by atoms with Crippen LogP contribution in [0.3, 0.4) is 0 Å². The molecule has 1 unspecified atom stereocenters. The van der Waals surface area contributed by atoms with Gasteiger partial charge in [-0.15, -0.1) is 0 Å². The lowest BCUT2D eigenvalue weighted by Crippen LogP contribution is -2.34. The van der Waals surface area contributed by atoms with Crippen molar-refractivity contribution in [2.75, 3.05) is 0 Å². The first-order valence-corrected chi connectivity index (χ1v) is 6.76. The molecule has 0 bridgehead atoms. The topological polar surface area (TPSA) is 26.0 Å². The van der Waals surface area contributed by atoms with Crippen LogP contribution in [0, 0.1) is 5.41 Å². The predicted octanol–water partition coefficient (Wildman–Crippen LogP) is 4.69. The van der Waals surface area contributed by atoms with Gasteiger partial charge in [-0.3, -0.25) is 0 Å². The zero-order valence-electron chi connectivity index (χ0n) is 10.8. The van der Waals surface area contributed by atoms with Crippen molar-refractivity contribution in [3.63, 3.8) is 0 Å². The van der Waals surface area contributed by atoms with E-state index >= 15 is 0 Å². The fraction of sp³-hybridized carbons (Fsp3) is 0.571. The Hall–Kier alpha value is -0.240. The van der Waals surface area contributed by atoms with Gasteiger partial charge in [-0.05, 0) is 42.4 Å². The Morgan fingerprint density at radius 3 is 2.18 bits per heavy atom. The number of nitrogens with two attached hydrogens (primary N) is 1. The quantitative estimate of drug-likeness (QED) is 0.846. The lowest BCUT2D eigenvalue weighted by molar-refractivity contribution is 0.301. The van der Waals surface area contributed by atoms with Crippen LogP contribution in [0.1, 0.15) is 39.2 Å². The molecule has 17 heavy (non-hydrogen) atoms. The van der Waals surface area contributed by atoms with Crippen molar-refractivity contribution in [2.45, 2.75) is 46.1 Å². The van der Waals surface area contributed by atoms with Crippen LogP contribution in [0.5, 0.6) is 0 Å². The van der Waals surface area contributed by atoms with Gasteiger partial charge in [0.25, 0.3) is 0 Å². The highest BCUT2D eigenvalue weighted by molar-refractivity contribution is 6.35. The van der Waals surface area contributed by atoms with E-state index in [0.29, 0.717) is 0 Å². The molecular weight excluding hydrogens is 253 g/mol. The van der Waals surface area contributed by atoms with E-state index in [2.05, 4.69) is 20.8 Å². The predicted molar refractivity (Wildman–Crippen MR) is 76.8 cm³/mol. The molecule has 1 aromatic carbocycles. The summed E-state index contributed by atoms with van der Waals surface area (Å²) >= 11 is 12.2. The molecule has 96 valence electrons. The molecule has 0 aliphatic rings. The first kappa shape index (κ1) is 14.8. The van der Waals surface area contributed by atoms with Gasteiger partial charge in [0, 0.05) is 16.1 Å². The van der Waals surface area contributed by atoms with Gasteiger partial charge in [0.2, 0.25) is 0 Å². The van der Waals surface area contributed by atoms with Crippen LogP contribution in [0.15, 0.2) is 18.2 Å². The molecule has 0 fully saturated rings. The summed E-state index contributed by atoms with van der Waals surface area (Å²) in [6.07, 6.45) is 2.90. The molecule has 0 radical (unpaired) electrons. The van der Waals surface area contributed by atoms with E-state index in [1.54, 1.807) is 0 Å². The molecule has 2 N–H and O–H groups in total. The molecule has 0 amide bonds. The van der Waals surface area contributed by atoms with Crippen LogP contribution in [0.4, 0.5) is 0 Å². The summed E-state index contributed by atoms with van der Waals surface area (Å²) in [5.74, 6) is 0. The molecule has 1 atom stereocenters. The molecular formula is C14H21Cl2N. The average Bonchev–Trinajstić information content (AvgIpc) is 2.20. The second kappa shape index (κ2) is 6.08. The van der Waals surface area contributed by atoms with Crippen molar-refractivity contribution < 1.29 is 0 Å². The smallest absolute Gasteiger partial charge is 0.0452 e. The van der Waals surface area contributed by atoms with Gasteiger partial charge in [0.15, 0.2) is 0 Å². The lowest BCUT2D eigenvalue weighted by atomic mass is 9.84. The summed E-state index contributed by atoms with van der Waals surface area (Å²) in [6, 6.07) is 5.84. The van der Waals surface area contributed by atoms with Crippen molar-refractivity contribution in [3.8, 4) is 0 Å². The highest BCUT2D eigenvalue weighted by atomic mass is 35.5. The molecule has 0 spiro atoms. The van der Waals surface area contributed by atoms with Gasteiger partial charge in [0.1, 0.15) is 0 Å². The van der Waals surface area contributed by atoms with Crippen LogP contribution in [0.25, 0.3) is 0 Å². The maximum absolute atomic E-state index is 6.13. The van der Waals surface area contributed by atoms with Gasteiger partial charge >= 0.3 is 0 Å². The van der Waals surface area contributed by atoms with E-state index in [9.17, 15) is 0 Å². The van der Waals surface area contributed by atoms with Crippen LogP contribution in [0.2, 0.25) is 10.0 Å². The monoisotopic (exact) mass is 273 g/mol. The number of hydrogen-bond donors (Lipinski definition) is 1. The van der Waals surface area contributed by atoms with E-state index in [1.165, 1.54) is 0 Å². The Kier molecular flexibility index (Phi) is 5.30. The van der Waals surface area contributed by atoms with E-state index in [4.69, 9.17) is 28.9 Å². The van der Waals surface area contributed by atoms with Crippen molar-refractivity contribution >= 4 is 23.2 Å². The van der Waals surface area contributed by atoms with Crippen molar-refractivity contribution in [1.82, 2.24) is 0 Å². The zero-order valence-corrected chi connectivity index (χ0v) is 12.3. The van der Waals surface area contributed by atoms with Crippen LogP contribution >= 0.6 is 23.2 Å². The third kappa shape index (κ3) is 4.50. The Labute approximate surface area is 114 Å². The molecule has 0 aliphatic carbocycles. The van der Waals surface area contributed by atoms with E-state index in [-0.39, 0.29) is 11.5 Å². The Morgan fingerprint density at radius 2 is 1.71 bits per heavy atom. The molecule has 3 heteroatoms. The Bertz CT molecular complexity index is 349. The summed E-state index contributed by atoms with van der Waals surface area (Å²) in [4.78, 5) is 0. The van der Waals surface area contributed by atoms with Crippen LogP contribution in [-0.2, 0) is 6.42 Å². The first-order chi connectivity index (χ1) is 7.82. The average molecular weight is 274 g/mol. The summed E-state index contributed by atoms with van der Waals surface area (Å²) in [6.45, 7) is 6.50. The Balaban J connectivity index is 2.52. The second-order valence-corrected chi connectivity index (χ2v) is 6.38. The van der Waals surface area contributed by atoms with Gasteiger partial charge in [-0.1, -0.05) is 50.0 Å². The number of halogens is 2. The Morgan fingerprint density at radius 1 is 1.18 bits per heavy atom. The summed E-state index contributed by atoms with van der Waals surface area (Å²) in [5, 5.41) is 1.50.